The van der Waals surface area contributed by atoms with Gasteiger partial charge in [-0.2, -0.15) is 0 Å². The highest BCUT2D eigenvalue weighted by molar-refractivity contribution is 5.93. The second-order valence-electron chi connectivity index (χ2n) is 5.36. The Hall–Kier alpha value is -2.22. The van der Waals surface area contributed by atoms with E-state index >= 15 is 0 Å². The molecular weight excluding hydrogens is 278 g/mol. The second-order valence-corrected chi connectivity index (χ2v) is 5.36. The molecule has 112 valence electrons. The van der Waals surface area contributed by atoms with Gasteiger partial charge in [0.2, 0.25) is 0 Å². The minimum Gasteiger partial charge on any atom is -0.477 e. The number of aromatic nitrogens is 1. The van der Waals surface area contributed by atoms with Gasteiger partial charge >= 0.3 is 11.7 Å². The normalized spacial score (nSPS) is 24.8. The van der Waals surface area contributed by atoms with Gasteiger partial charge in [-0.25, -0.2) is 9.78 Å². The minimum atomic E-state index is -1.34. The van der Waals surface area contributed by atoms with Crippen LogP contribution < -0.4 is 5.32 Å². The lowest BCUT2D eigenvalue weighted by atomic mass is 10.1. The van der Waals surface area contributed by atoms with E-state index < -0.39 is 16.6 Å². The van der Waals surface area contributed by atoms with Crippen molar-refractivity contribution < 1.29 is 19.6 Å². The maximum atomic E-state index is 11.1. The number of ether oxygens (including phenoxy) is 1. The third-order valence-corrected chi connectivity index (χ3v) is 3.87. The molecular formula is C13H15N3O5. The number of pyridine rings is 1. The quantitative estimate of drug-likeness (QED) is 0.626. The molecule has 1 aromatic heterocycles. The highest BCUT2D eigenvalue weighted by Gasteiger charge is 2.40. The molecule has 1 saturated heterocycles. The van der Waals surface area contributed by atoms with Crippen LogP contribution in [0.15, 0.2) is 12.3 Å². The van der Waals surface area contributed by atoms with Crippen LogP contribution in [0, 0.1) is 16.0 Å². The second kappa shape index (κ2) is 5.28. The predicted octanol–water partition coefficient (Wildman–Crippen LogP) is 1.67. The predicted molar refractivity (Wildman–Crippen MR) is 72.3 cm³/mol. The molecule has 2 aliphatic rings. The van der Waals surface area contributed by atoms with Gasteiger partial charge < -0.3 is 15.2 Å². The van der Waals surface area contributed by atoms with Crippen molar-refractivity contribution in [3.05, 3.63) is 27.9 Å². The molecule has 1 saturated carbocycles. The van der Waals surface area contributed by atoms with Crippen LogP contribution in [0.5, 0.6) is 0 Å². The molecule has 0 bridgehead atoms. The van der Waals surface area contributed by atoms with E-state index in [1.54, 1.807) is 0 Å². The first-order chi connectivity index (χ1) is 10.1. The zero-order valence-corrected chi connectivity index (χ0v) is 11.2. The summed E-state index contributed by atoms with van der Waals surface area (Å²) in [4.78, 5) is 25.1. The SMILES string of the molecule is O=C(O)c1cc(NC2CCOC2C2CC2)ncc1[N+](=O)[O-]. The van der Waals surface area contributed by atoms with Crippen molar-refractivity contribution in [2.45, 2.75) is 31.4 Å². The van der Waals surface area contributed by atoms with Crippen LogP contribution in [0.2, 0.25) is 0 Å². The van der Waals surface area contributed by atoms with Crippen LogP contribution in [-0.2, 0) is 4.74 Å². The van der Waals surface area contributed by atoms with Crippen molar-refractivity contribution in [2.24, 2.45) is 5.92 Å². The van der Waals surface area contributed by atoms with Gasteiger partial charge in [-0.05, 0) is 25.2 Å². The lowest BCUT2D eigenvalue weighted by molar-refractivity contribution is -0.385. The van der Waals surface area contributed by atoms with Crippen molar-refractivity contribution in [3.8, 4) is 0 Å². The number of carboxylic acids is 1. The number of nitro groups is 1. The van der Waals surface area contributed by atoms with Gasteiger partial charge in [0.15, 0.2) is 0 Å². The summed E-state index contributed by atoms with van der Waals surface area (Å²) >= 11 is 0. The molecule has 3 rings (SSSR count). The van der Waals surface area contributed by atoms with Gasteiger partial charge in [0.25, 0.3) is 0 Å². The number of rotatable bonds is 5. The molecule has 1 aromatic rings. The molecule has 0 radical (unpaired) electrons. The fraction of sp³-hybridized carbons (Fsp3) is 0.538. The number of nitrogens with one attached hydrogen (secondary N) is 1. The summed E-state index contributed by atoms with van der Waals surface area (Å²) in [5, 5.41) is 23.0. The lowest BCUT2D eigenvalue weighted by Crippen LogP contribution is -2.31. The van der Waals surface area contributed by atoms with E-state index in [9.17, 15) is 14.9 Å². The molecule has 2 atom stereocenters. The van der Waals surface area contributed by atoms with Crippen LogP contribution in [0.1, 0.15) is 29.6 Å². The number of carboxylic acid groups (broad SMARTS) is 1. The van der Waals surface area contributed by atoms with Crippen LogP contribution in [-0.4, -0.2) is 39.7 Å². The van der Waals surface area contributed by atoms with Gasteiger partial charge in [0.1, 0.15) is 17.6 Å². The third kappa shape index (κ3) is 2.80. The molecule has 2 N–H and O–H groups in total. The minimum absolute atomic E-state index is 0.0769. The van der Waals surface area contributed by atoms with Crippen LogP contribution in [0.4, 0.5) is 11.5 Å². The zero-order valence-electron chi connectivity index (χ0n) is 11.2. The Morgan fingerprint density at radius 2 is 2.24 bits per heavy atom. The molecule has 2 unspecified atom stereocenters. The Labute approximate surface area is 120 Å². The van der Waals surface area contributed by atoms with E-state index in [-0.39, 0.29) is 17.7 Å². The largest absolute Gasteiger partial charge is 0.477 e. The van der Waals surface area contributed by atoms with Gasteiger partial charge in [0, 0.05) is 12.7 Å². The standard InChI is InChI=1S/C13H15N3O5/c17-13(18)8-5-11(14-6-10(8)16(19)20)15-9-3-4-21-12(9)7-1-2-7/h5-7,9,12H,1-4H2,(H,14,15)(H,17,18). The van der Waals surface area contributed by atoms with Gasteiger partial charge in [0.05, 0.1) is 17.1 Å². The summed E-state index contributed by atoms with van der Waals surface area (Å²) in [6.07, 6.45) is 4.22. The fourth-order valence-electron chi connectivity index (χ4n) is 2.69. The first-order valence-corrected chi connectivity index (χ1v) is 6.82. The molecule has 2 heterocycles. The van der Waals surface area contributed by atoms with Gasteiger partial charge in [-0.15, -0.1) is 0 Å². The number of nitrogens with zero attached hydrogens (tertiary/aromatic N) is 2. The number of carbonyl (C=O) groups is 1. The van der Waals surface area contributed by atoms with E-state index in [4.69, 9.17) is 9.84 Å². The number of hydrogen-bond donors (Lipinski definition) is 2. The van der Waals surface area contributed by atoms with E-state index in [2.05, 4.69) is 10.3 Å². The Bertz CT molecular complexity index is 587. The number of aromatic carboxylic acids is 1. The summed E-state index contributed by atoms with van der Waals surface area (Å²) in [6, 6.07) is 1.29. The maximum Gasteiger partial charge on any atom is 0.342 e. The summed E-state index contributed by atoms with van der Waals surface area (Å²) in [7, 11) is 0. The van der Waals surface area contributed by atoms with E-state index in [1.165, 1.54) is 6.07 Å². The van der Waals surface area contributed by atoms with Crippen molar-refractivity contribution in [1.82, 2.24) is 4.98 Å². The smallest absolute Gasteiger partial charge is 0.342 e. The Balaban J connectivity index is 1.80. The highest BCUT2D eigenvalue weighted by atomic mass is 16.6. The summed E-state index contributed by atoms with van der Waals surface area (Å²) in [6.45, 7) is 0.664. The van der Waals surface area contributed by atoms with Crippen molar-refractivity contribution in [2.75, 3.05) is 11.9 Å². The first-order valence-electron chi connectivity index (χ1n) is 6.82. The topological polar surface area (TPSA) is 115 Å². The molecule has 1 aliphatic heterocycles. The zero-order chi connectivity index (χ0) is 15.0. The maximum absolute atomic E-state index is 11.1. The summed E-state index contributed by atoms with van der Waals surface area (Å²) < 4.78 is 5.69. The van der Waals surface area contributed by atoms with Crippen molar-refractivity contribution in [1.29, 1.82) is 0 Å². The average Bonchev–Trinajstić information content (AvgIpc) is 3.19. The molecule has 21 heavy (non-hydrogen) atoms. The molecule has 1 aliphatic carbocycles. The monoisotopic (exact) mass is 293 g/mol. The van der Waals surface area contributed by atoms with Crippen LogP contribution >= 0.6 is 0 Å². The molecule has 0 amide bonds. The Morgan fingerprint density at radius 3 is 2.86 bits per heavy atom. The Kier molecular flexibility index (Phi) is 3.46. The third-order valence-electron chi connectivity index (χ3n) is 3.87. The van der Waals surface area contributed by atoms with E-state index in [0.29, 0.717) is 18.3 Å². The summed E-state index contributed by atoms with van der Waals surface area (Å²) in [5.74, 6) is -0.449. The Morgan fingerprint density at radius 1 is 1.48 bits per heavy atom. The molecule has 8 heteroatoms. The average molecular weight is 293 g/mol. The highest BCUT2D eigenvalue weighted by Crippen LogP contribution is 2.39. The van der Waals surface area contributed by atoms with Crippen molar-refractivity contribution >= 4 is 17.5 Å². The molecule has 0 aromatic carbocycles. The molecule has 2 fully saturated rings. The fourth-order valence-corrected chi connectivity index (χ4v) is 2.69. The first kappa shape index (κ1) is 13.7. The molecule has 0 spiro atoms. The van der Waals surface area contributed by atoms with Gasteiger partial charge in [-0.1, -0.05) is 0 Å². The van der Waals surface area contributed by atoms with E-state index in [1.807, 2.05) is 0 Å². The van der Waals surface area contributed by atoms with E-state index in [0.717, 1.165) is 25.5 Å². The molecule has 8 nitrogen and oxygen atoms in total. The lowest BCUT2D eigenvalue weighted by Gasteiger charge is -2.20. The van der Waals surface area contributed by atoms with Crippen LogP contribution in [0.3, 0.4) is 0 Å². The number of hydrogen-bond acceptors (Lipinski definition) is 6. The van der Waals surface area contributed by atoms with Gasteiger partial charge in [-0.3, -0.25) is 10.1 Å². The number of anilines is 1. The van der Waals surface area contributed by atoms with Crippen LogP contribution in [0.25, 0.3) is 0 Å². The van der Waals surface area contributed by atoms with Crippen molar-refractivity contribution in [3.63, 3.8) is 0 Å². The summed E-state index contributed by atoms with van der Waals surface area (Å²) in [5.41, 5.74) is -0.867.